The second-order valence-corrected chi connectivity index (χ2v) is 10.8. The molecule has 2 aromatic rings. The Hall–Kier alpha value is -1.42. The summed E-state index contributed by atoms with van der Waals surface area (Å²) < 4.78 is 23.5. The molecule has 0 bridgehead atoms. The molecule has 4 heteroatoms. The molecule has 0 aliphatic heterocycles. The van der Waals surface area contributed by atoms with Gasteiger partial charge in [0.25, 0.3) is 0 Å². The Morgan fingerprint density at radius 1 is 0.920 bits per heavy atom. The summed E-state index contributed by atoms with van der Waals surface area (Å²) in [5.41, 5.74) is 3.46. The summed E-state index contributed by atoms with van der Waals surface area (Å²) in [6.45, 7) is 7.36. The van der Waals surface area contributed by atoms with Gasteiger partial charge in [-0.15, -0.1) is 0 Å². The van der Waals surface area contributed by atoms with Crippen molar-refractivity contribution in [1.82, 2.24) is 4.98 Å². The van der Waals surface area contributed by atoms with Crippen LogP contribution in [0.4, 0.5) is 0 Å². The van der Waals surface area contributed by atoms with E-state index in [9.17, 15) is 8.42 Å². The first-order valence-electron chi connectivity index (χ1n) is 9.28. The predicted molar refractivity (Wildman–Crippen MR) is 107 cm³/mol. The van der Waals surface area contributed by atoms with E-state index in [0.29, 0.717) is 5.75 Å². The van der Waals surface area contributed by atoms with Crippen molar-refractivity contribution >= 4 is 20.7 Å². The number of fused-ring (bicyclic) bond motifs is 1. The molecule has 0 N–H and O–H groups in total. The van der Waals surface area contributed by atoms with Crippen LogP contribution < -0.4 is 0 Å². The van der Waals surface area contributed by atoms with E-state index in [4.69, 9.17) is 0 Å². The molecule has 3 nitrogen and oxygen atoms in total. The molecule has 2 rings (SSSR count). The monoisotopic (exact) mass is 361 g/mol. The molecule has 0 aliphatic carbocycles. The Morgan fingerprint density at radius 2 is 1.60 bits per heavy atom. The van der Waals surface area contributed by atoms with Crippen LogP contribution in [-0.4, -0.2) is 23.9 Å². The minimum Gasteiger partial charge on any atom is -0.253 e. The average Bonchev–Trinajstić information content (AvgIpc) is 2.52. The summed E-state index contributed by atoms with van der Waals surface area (Å²) in [6, 6.07) is 10.7. The van der Waals surface area contributed by atoms with Gasteiger partial charge in [-0.1, -0.05) is 31.4 Å². The molecule has 1 heterocycles. The van der Waals surface area contributed by atoms with Gasteiger partial charge in [0.15, 0.2) is 9.84 Å². The number of sulfone groups is 1. The first-order chi connectivity index (χ1) is 11.7. The highest BCUT2D eigenvalue weighted by molar-refractivity contribution is 7.92. The smallest absolute Gasteiger partial charge is 0.155 e. The van der Waals surface area contributed by atoms with Gasteiger partial charge < -0.3 is 0 Å². The van der Waals surface area contributed by atoms with Crippen LogP contribution in [0.2, 0.25) is 0 Å². The maximum absolute atomic E-state index is 12.0. The lowest BCUT2D eigenvalue weighted by Gasteiger charge is -2.18. The fourth-order valence-corrected chi connectivity index (χ4v) is 4.09. The molecule has 0 fully saturated rings. The third-order valence-corrected chi connectivity index (χ3v) is 7.40. The van der Waals surface area contributed by atoms with Crippen LogP contribution in [0, 0.1) is 6.92 Å². The fraction of sp³-hybridized carbons (Fsp3) is 0.571. The number of hydrogen-bond acceptors (Lipinski definition) is 3. The summed E-state index contributed by atoms with van der Waals surface area (Å²) in [5, 5.41) is 1.20. The zero-order valence-corrected chi connectivity index (χ0v) is 16.8. The molecule has 0 atom stereocenters. The molecule has 0 saturated heterocycles. The van der Waals surface area contributed by atoms with Crippen molar-refractivity contribution in [3.05, 3.63) is 41.6 Å². The SMILES string of the molecule is Cc1ccc2cc(CCCCCCCS(=O)(=O)C(C)(C)C)ccc2n1. The minimum absolute atomic E-state index is 0.313. The Morgan fingerprint density at radius 3 is 2.32 bits per heavy atom. The van der Waals surface area contributed by atoms with Gasteiger partial charge in [-0.2, -0.15) is 0 Å². The summed E-state index contributed by atoms with van der Waals surface area (Å²) in [4.78, 5) is 4.53. The number of aryl methyl sites for hydroxylation is 2. The standard InChI is InChI=1S/C21H31NO2S/c1-17-11-13-19-16-18(12-14-20(19)22-17)10-8-6-5-7-9-15-25(23,24)21(2,3)4/h11-14,16H,5-10,15H2,1-4H3. The molecule has 0 saturated carbocycles. The van der Waals surface area contributed by atoms with Gasteiger partial charge in [-0.3, -0.25) is 4.98 Å². The Balaban J connectivity index is 1.69. The highest BCUT2D eigenvalue weighted by Gasteiger charge is 2.27. The van der Waals surface area contributed by atoms with E-state index >= 15 is 0 Å². The molecular formula is C21H31NO2S. The van der Waals surface area contributed by atoms with E-state index in [1.165, 1.54) is 10.9 Å². The Bertz CT molecular complexity index is 804. The molecule has 25 heavy (non-hydrogen) atoms. The van der Waals surface area contributed by atoms with Gasteiger partial charge in [0, 0.05) is 11.1 Å². The van der Waals surface area contributed by atoms with Gasteiger partial charge in [0.1, 0.15) is 0 Å². The molecular weight excluding hydrogens is 330 g/mol. The second kappa shape index (κ2) is 8.31. The number of hydrogen-bond donors (Lipinski definition) is 0. The van der Waals surface area contributed by atoms with Gasteiger partial charge in [-0.05, 0) is 70.7 Å². The van der Waals surface area contributed by atoms with E-state index in [2.05, 4.69) is 35.3 Å². The van der Waals surface area contributed by atoms with E-state index in [0.717, 1.165) is 49.7 Å². The van der Waals surface area contributed by atoms with E-state index in [1.807, 2.05) is 6.92 Å². The van der Waals surface area contributed by atoms with Gasteiger partial charge >= 0.3 is 0 Å². The topological polar surface area (TPSA) is 47.0 Å². The van der Waals surface area contributed by atoms with Crippen molar-refractivity contribution in [2.45, 2.75) is 71.0 Å². The van der Waals surface area contributed by atoms with Crippen LogP contribution in [0.1, 0.15) is 64.1 Å². The maximum atomic E-state index is 12.0. The summed E-state index contributed by atoms with van der Waals surface area (Å²) >= 11 is 0. The number of pyridine rings is 1. The molecule has 0 aliphatic rings. The van der Waals surface area contributed by atoms with Crippen molar-refractivity contribution in [2.24, 2.45) is 0 Å². The third-order valence-electron chi connectivity index (χ3n) is 4.70. The number of benzene rings is 1. The van der Waals surface area contributed by atoms with Crippen molar-refractivity contribution < 1.29 is 8.42 Å². The molecule has 0 unspecified atom stereocenters. The lowest BCUT2D eigenvalue weighted by atomic mass is 10.0. The molecule has 138 valence electrons. The van der Waals surface area contributed by atoms with E-state index < -0.39 is 14.6 Å². The lowest BCUT2D eigenvalue weighted by molar-refractivity contribution is 0.552. The highest BCUT2D eigenvalue weighted by Crippen LogP contribution is 2.19. The van der Waals surface area contributed by atoms with Crippen LogP contribution in [0.15, 0.2) is 30.3 Å². The Kier molecular flexibility index (Phi) is 6.61. The quantitative estimate of drug-likeness (QED) is 0.603. The van der Waals surface area contributed by atoms with Crippen molar-refractivity contribution in [3.63, 3.8) is 0 Å². The minimum atomic E-state index is -2.96. The van der Waals surface area contributed by atoms with Gasteiger partial charge in [0.05, 0.1) is 16.0 Å². The van der Waals surface area contributed by atoms with Crippen LogP contribution in [-0.2, 0) is 16.3 Å². The lowest BCUT2D eigenvalue weighted by Crippen LogP contribution is -2.30. The second-order valence-electron chi connectivity index (χ2n) is 7.93. The predicted octanol–water partition coefficient (Wildman–Crippen LogP) is 5.25. The summed E-state index contributed by atoms with van der Waals surface area (Å²) in [6.07, 6.45) is 6.26. The van der Waals surface area contributed by atoms with Crippen molar-refractivity contribution in [3.8, 4) is 0 Å². The first kappa shape index (κ1) is 19.9. The van der Waals surface area contributed by atoms with Crippen molar-refractivity contribution in [2.75, 3.05) is 5.75 Å². The number of aromatic nitrogens is 1. The number of nitrogens with zero attached hydrogens (tertiary/aromatic N) is 1. The first-order valence-corrected chi connectivity index (χ1v) is 10.9. The largest absolute Gasteiger partial charge is 0.253 e. The summed E-state index contributed by atoms with van der Waals surface area (Å²) in [5.74, 6) is 0.313. The normalized spacial score (nSPS) is 12.6. The zero-order valence-electron chi connectivity index (χ0n) is 16.0. The zero-order chi connectivity index (χ0) is 18.5. The van der Waals surface area contributed by atoms with Crippen LogP contribution >= 0.6 is 0 Å². The van der Waals surface area contributed by atoms with Gasteiger partial charge in [0.2, 0.25) is 0 Å². The van der Waals surface area contributed by atoms with Crippen molar-refractivity contribution in [1.29, 1.82) is 0 Å². The van der Waals surface area contributed by atoms with Crippen LogP contribution in [0.3, 0.4) is 0 Å². The average molecular weight is 362 g/mol. The maximum Gasteiger partial charge on any atom is 0.155 e. The fourth-order valence-electron chi connectivity index (χ4n) is 2.89. The number of rotatable bonds is 8. The van der Waals surface area contributed by atoms with Gasteiger partial charge in [-0.25, -0.2) is 8.42 Å². The van der Waals surface area contributed by atoms with Crippen LogP contribution in [0.5, 0.6) is 0 Å². The molecule has 1 aromatic heterocycles. The van der Waals surface area contributed by atoms with Crippen LogP contribution in [0.25, 0.3) is 10.9 Å². The molecule has 1 aromatic carbocycles. The summed E-state index contributed by atoms with van der Waals surface area (Å²) in [7, 11) is -2.96. The Labute approximate surface area is 152 Å². The third kappa shape index (κ3) is 5.81. The van der Waals surface area contributed by atoms with E-state index in [-0.39, 0.29) is 0 Å². The van der Waals surface area contributed by atoms with E-state index in [1.54, 1.807) is 20.8 Å². The highest BCUT2D eigenvalue weighted by atomic mass is 32.2. The number of unbranched alkanes of at least 4 members (excludes halogenated alkanes) is 4. The molecule has 0 spiro atoms. The molecule has 0 radical (unpaired) electrons. The molecule has 0 amide bonds.